The first-order valence-corrected chi connectivity index (χ1v) is 13.3. The van der Waals surface area contributed by atoms with Crippen molar-refractivity contribution in [1.29, 1.82) is 0 Å². The van der Waals surface area contributed by atoms with Crippen LogP contribution in [0.2, 0.25) is 0 Å². The van der Waals surface area contributed by atoms with E-state index in [1.807, 2.05) is 13.8 Å². The van der Waals surface area contributed by atoms with Crippen molar-refractivity contribution in [3.8, 4) is 11.5 Å². The Balaban J connectivity index is 1.80. The number of anilines is 3. The fraction of sp³-hybridized carbons (Fsp3) is 0.226. The van der Waals surface area contributed by atoms with Crippen LogP contribution in [0, 0.1) is 5.21 Å². The molecule has 0 unspecified atom stereocenters. The van der Waals surface area contributed by atoms with E-state index in [1.165, 1.54) is 12.1 Å². The molecule has 10 heteroatoms. The molecule has 1 heterocycles. The number of rotatable bonds is 10. The molecular formula is C31H33N4O6-. The number of nitrogens with zero attached hydrogens (tertiary/aromatic N) is 1. The van der Waals surface area contributed by atoms with E-state index in [2.05, 4.69) is 16.0 Å². The van der Waals surface area contributed by atoms with Crippen LogP contribution in [0.25, 0.3) is 0 Å². The van der Waals surface area contributed by atoms with E-state index in [-0.39, 0.29) is 22.1 Å². The van der Waals surface area contributed by atoms with Gasteiger partial charge in [-0.1, -0.05) is 36.4 Å². The highest BCUT2D eigenvalue weighted by Crippen LogP contribution is 2.41. The quantitative estimate of drug-likeness (QED) is 0.234. The maximum Gasteiger partial charge on any atom is 0.254 e. The van der Waals surface area contributed by atoms with Crippen LogP contribution in [0.5, 0.6) is 11.5 Å². The first-order chi connectivity index (χ1) is 19.7. The van der Waals surface area contributed by atoms with E-state index < -0.39 is 17.7 Å². The lowest BCUT2D eigenvalue weighted by atomic mass is 9.79. The second-order valence-corrected chi connectivity index (χ2v) is 9.27. The van der Waals surface area contributed by atoms with E-state index >= 15 is 0 Å². The Morgan fingerprint density at radius 2 is 1.32 bits per heavy atom. The Bertz CT molecular complexity index is 1410. The monoisotopic (exact) mass is 557 g/mol. The van der Waals surface area contributed by atoms with E-state index in [1.54, 1.807) is 74.5 Å². The van der Waals surface area contributed by atoms with Gasteiger partial charge in [0.05, 0.1) is 30.3 Å². The predicted molar refractivity (Wildman–Crippen MR) is 158 cm³/mol. The fourth-order valence-corrected chi connectivity index (χ4v) is 4.83. The molecule has 2 amide bonds. The summed E-state index contributed by atoms with van der Waals surface area (Å²) >= 11 is 0. The molecule has 0 saturated carbocycles. The first kappa shape index (κ1) is 29.2. The highest BCUT2D eigenvalue weighted by atomic mass is 16.8. The Labute approximate surface area is 238 Å². The highest BCUT2D eigenvalue weighted by Gasteiger charge is 2.37. The number of carbonyl (C=O) groups is 2. The molecule has 10 nitrogen and oxygen atoms in total. The standard InChI is InChI=1S/C31H33N4O6/c1-5-40-25-16-9-7-14-23(25)33-30(36)27-19(3)32-20(4)28(29(27)21-12-11-13-22(18-21)35(38)39)31(37)34-24-15-8-10-17-26(24)41-6-2/h7-18,29,32,38H,5-6H2,1-4H3,(H,33,36)(H,34,37)/q-1. The summed E-state index contributed by atoms with van der Waals surface area (Å²) in [5.41, 5.74) is 2.93. The van der Waals surface area contributed by atoms with Crippen molar-refractivity contribution >= 4 is 28.9 Å². The average molecular weight is 558 g/mol. The predicted octanol–water partition coefficient (Wildman–Crippen LogP) is 5.69. The number of allylic oxidation sites excluding steroid dienone is 2. The minimum Gasteiger partial charge on any atom is -0.733 e. The first-order valence-electron chi connectivity index (χ1n) is 13.3. The minimum atomic E-state index is -0.894. The number of para-hydroxylation sites is 4. The third kappa shape index (κ3) is 6.51. The summed E-state index contributed by atoms with van der Waals surface area (Å²) in [7, 11) is 0. The molecule has 1 aliphatic heterocycles. The molecule has 4 N–H and O–H groups in total. The average Bonchev–Trinajstić information content (AvgIpc) is 2.95. The molecule has 41 heavy (non-hydrogen) atoms. The van der Waals surface area contributed by atoms with Crippen molar-refractivity contribution in [3.05, 3.63) is 106 Å². The van der Waals surface area contributed by atoms with Gasteiger partial charge in [0.2, 0.25) is 0 Å². The third-order valence-electron chi connectivity index (χ3n) is 6.54. The molecule has 0 aromatic heterocycles. The van der Waals surface area contributed by atoms with Gasteiger partial charge in [0, 0.05) is 28.5 Å². The fourth-order valence-electron chi connectivity index (χ4n) is 4.83. The zero-order chi connectivity index (χ0) is 29.5. The molecular weight excluding hydrogens is 524 g/mol. The Morgan fingerprint density at radius 3 is 1.78 bits per heavy atom. The van der Waals surface area contributed by atoms with Crippen LogP contribution in [-0.4, -0.2) is 30.2 Å². The summed E-state index contributed by atoms with van der Waals surface area (Å²) < 4.78 is 11.4. The highest BCUT2D eigenvalue weighted by molar-refractivity contribution is 6.12. The second-order valence-electron chi connectivity index (χ2n) is 9.27. The maximum absolute atomic E-state index is 13.9. The molecule has 0 aliphatic carbocycles. The molecule has 1 aliphatic rings. The minimum absolute atomic E-state index is 0.0424. The van der Waals surface area contributed by atoms with Gasteiger partial charge in [-0.25, -0.2) is 0 Å². The summed E-state index contributed by atoms with van der Waals surface area (Å²) in [6, 6.07) is 20.3. The summed E-state index contributed by atoms with van der Waals surface area (Å²) in [4.78, 5) is 27.9. The van der Waals surface area contributed by atoms with Crippen LogP contribution in [0.4, 0.5) is 17.1 Å². The van der Waals surface area contributed by atoms with Crippen LogP contribution in [0.15, 0.2) is 95.3 Å². The number of nitrogens with one attached hydrogen (secondary N) is 3. The lowest BCUT2D eigenvalue weighted by Gasteiger charge is -2.32. The van der Waals surface area contributed by atoms with Crippen molar-refractivity contribution in [2.75, 3.05) is 29.1 Å². The van der Waals surface area contributed by atoms with Gasteiger partial charge in [-0.3, -0.25) is 14.8 Å². The number of dihydropyridines is 1. The number of amides is 2. The lowest BCUT2D eigenvalue weighted by Crippen LogP contribution is -2.35. The largest absolute Gasteiger partial charge is 0.733 e. The zero-order valence-corrected chi connectivity index (χ0v) is 23.4. The van der Waals surface area contributed by atoms with Crippen LogP contribution >= 0.6 is 0 Å². The number of hydrogen-bond donors (Lipinski definition) is 4. The van der Waals surface area contributed by atoms with E-state index in [0.717, 1.165) is 0 Å². The van der Waals surface area contributed by atoms with Gasteiger partial charge in [0.15, 0.2) is 0 Å². The zero-order valence-electron chi connectivity index (χ0n) is 23.4. The van der Waals surface area contributed by atoms with Crippen LogP contribution < -0.4 is 30.7 Å². The van der Waals surface area contributed by atoms with Gasteiger partial charge in [-0.2, -0.15) is 0 Å². The van der Waals surface area contributed by atoms with Gasteiger partial charge < -0.3 is 35.9 Å². The molecule has 3 aromatic rings. The smallest absolute Gasteiger partial charge is 0.254 e. The van der Waals surface area contributed by atoms with E-state index in [9.17, 15) is 20.0 Å². The number of carbonyl (C=O) groups excluding carboxylic acids is 2. The van der Waals surface area contributed by atoms with Crippen molar-refractivity contribution in [3.63, 3.8) is 0 Å². The van der Waals surface area contributed by atoms with Gasteiger partial charge in [-0.15, -0.1) is 0 Å². The lowest BCUT2D eigenvalue weighted by molar-refractivity contribution is -0.113. The molecule has 0 fully saturated rings. The molecule has 0 saturated heterocycles. The summed E-state index contributed by atoms with van der Waals surface area (Å²) in [6.45, 7) is 8.01. The number of benzene rings is 3. The summed E-state index contributed by atoms with van der Waals surface area (Å²) in [5, 5.41) is 30.2. The van der Waals surface area contributed by atoms with Crippen molar-refractivity contribution < 1.29 is 24.3 Å². The van der Waals surface area contributed by atoms with Crippen LogP contribution in [0.1, 0.15) is 39.2 Å². The molecule has 0 atom stereocenters. The van der Waals surface area contributed by atoms with Gasteiger partial charge in [0.1, 0.15) is 11.5 Å². The van der Waals surface area contributed by atoms with E-state index in [4.69, 9.17) is 9.47 Å². The van der Waals surface area contributed by atoms with Crippen LogP contribution in [-0.2, 0) is 9.59 Å². The van der Waals surface area contributed by atoms with Gasteiger partial charge in [0.25, 0.3) is 11.8 Å². The second kappa shape index (κ2) is 13.0. The van der Waals surface area contributed by atoms with Crippen molar-refractivity contribution in [2.45, 2.75) is 33.6 Å². The molecule has 0 radical (unpaired) electrons. The third-order valence-corrected chi connectivity index (χ3v) is 6.54. The Kier molecular flexibility index (Phi) is 9.28. The molecule has 3 aromatic carbocycles. The summed E-state index contributed by atoms with van der Waals surface area (Å²) in [5.74, 6) is -0.817. The number of ether oxygens (including phenoxy) is 2. The molecule has 4 rings (SSSR count). The SMILES string of the molecule is CCOc1ccccc1NC(=O)C1=C(C)NC(C)=C(C(=O)Nc2ccccc2OCC)C1c1cccc(N([O-])O)c1. The van der Waals surface area contributed by atoms with Gasteiger partial charge >= 0.3 is 0 Å². The van der Waals surface area contributed by atoms with E-state index in [0.29, 0.717) is 53.0 Å². The molecule has 214 valence electrons. The normalized spacial score (nSPS) is 13.4. The van der Waals surface area contributed by atoms with Gasteiger partial charge in [-0.05, 0) is 69.7 Å². The number of hydrogen-bond acceptors (Lipinski definition) is 8. The topological polar surface area (TPSA) is 135 Å². The molecule has 0 bridgehead atoms. The molecule has 0 spiro atoms. The van der Waals surface area contributed by atoms with Crippen LogP contribution in [0.3, 0.4) is 0 Å². The van der Waals surface area contributed by atoms with Crippen molar-refractivity contribution in [1.82, 2.24) is 5.32 Å². The van der Waals surface area contributed by atoms with Crippen molar-refractivity contribution in [2.24, 2.45) is 0 Å². The Morgan fingerprint density at radius 1 is 0.829 bits per heavy atom. The summed E-state index contributed by atoms with van der Waals surface area (Å²) in [6.07, 6.45) is 0. The Hall–Kier alpha value is -4.80. The maximum atomic E-state index is 13.9.